The molecule has 3 rings (SSSR count). The van der Waals surface area contributed by atoms with Gasteiger partial charge in [0, 0.05) is 16.7 Å². The minimum absolute atomic E-state index is 0.0309. The number of hydrogen-bond donors (Lipinski definition) is 0. The first-order valence-corrected chi connectivity index (χ1v) is 20.8. The summed E-state index contributed by atoms with van der Waals surface area (Å²) in [4.78, 5) is 35.9. The van der Waals surface area contributed by atoms with E-state index in [9.17, 15) is 10.1 Å². The van der Waals surface area contributed by atoms with E-state index in [1.165, 1.54) is 0 Å². The quantitative estimate of drug-likeness (QED) is 0.0871. The standard InChI is InChI=1S/C49H66N6O2/c1-26(2)35-19-36(27(3)4)45(53-24-54-48-39(30(9)10)21-40(31(11)12)49(57-22-50)43(48)34(17)18)41(32(13)14)44(35)51-23-52-46-37(28(5)6)20-38(29(7)8)47(55-25-56)42(46)33(15)16/h19-21,26-34H,1-18H3. The second-order valence-corrected chi connectivity index (χ2v) is 17.9. The van der Waals surface area contributed by atoms with Crippen LogP contribution in [0.3, 0.4) is 0 Å². The average molecular weight is 771 g/mol. The summed E-state index contributed by atoms with van der Waals surface area (Å²) >= 11 is 0. The van der Waals surface area contributed by atoms with Gasteiger partial charge in [0.05, 0.1) is 28.4 Å². The molecule has 0 aliphatic heterocycles. The third-order valence-corrected chi connectivity index (χ3v) is 10.5. The maximum atomic E-state index is 11.7. The highest BCUT2D eigenvalue weighted by atomic mass is 16.5. The Morgan fingerprint density at radius 2 is 0.667 bits per heavy atom. The smallest absolute Gasteiger partial charge is 0.292 e. The molecule has 0 atom stereocenters. The third kappa shape index (κ3) is 10.3. The number of aliphatic imine (C=N–C) groups is 5. The molecule has 8 nitrogen and oxygen atoms in total. The van der Waals surface area contributed by atoms with Gasteiger partial charge in [-0.15, -0.1) is 5.26 Å². The van der Waals surface area contributed by atoms with Gasteiger partial charge in [0.1, 0.15) is 12.0 Å². The zero-order valence-electron chi connectivity index (χ0n) is 37.9. The number of rotatable bonds is 15. The van der Waals surface area contributed by atoms with E-state index in [0.29, 0.717) is 11.4 Å². The minimum atomic E-state index is 0.0309. The van der Waals surface area contributed by atoms with Gasteiger partial charge in [-0.1, -0.05) is 137 Å². The van der Waals surface area contributed by atoms with Crippen LogP contribution in [0.1, 0.15) is 228 Å². The molecule has 0 aliphatic carbocycles. The summed E-state index contributed by atoms with van der Waals surface area (Å²) in [6.07, 6.45) is 3.72. The van der Waals surface area contributed by atoms with Crippen molar-refractivity contribution in [3.63, 3.8) is 0 Å². The van der Waals surface area contributed by atoms with Gasteiger partial charge < -0.3 is 4.74 Å². The van der Waals surface area contributed by atoms with Crippen molar-refractivity contribution < 1.29 is 9.53 Å². The van der Waals surface area contributed by atoms with Crippen molar-refractivity contribution in [2.45, 2.75) is 178 Å². The molecule has 0 heterocycles. The van der Waals surface area contributed by atoms with Gasteiger partial charge in [-0.3, -0.25) is 0 Å². The van der Waals surface area contributed by atoms with Gasteiger partial charge in [0.15, 0.2) is 5.75 Å². The van der Waals surface area contributed by atoms with Crippen molar-refractivity contribution in [3.8, 4) is 12.0 Å². The van der Waals surface area contributed by atoms with Gasteiger partial charge in [-0.2, -0.15) is 25.0 Å². The highest BCUT2D eigenvalue weighted by Gasteiger charge is 2.27. The second kappa shape index (κ2) is 20.0. The second-order valence-electron chi connectivity index (χ2n) is 17.9. The molecule has 0 saturated carbocycles. The molecule has 0 unspecified atom stereocenters. The number of benzene rings is 3. The fourth-order valence-electron chi connectivity index (χ4n) is 7.51. The molecule has 304 valence electrons. The van der Waals surface area contributed by atoms with Gasteiger partial charge in [0.2, 0.25) is 6.08 Å². The van der Waals surface area contributed by atoms with Crippen LogP contribution >= 0.6 is 0 Å². The highest BCUT2D eigenvalue weighted by molar-refractivity contribution is 5.78. The van der Waals surface area contributed by atoms with E-state index < -0.39 is 0 Å². The number of ether oxygens (including phenoxy) is 1. The Bertz CT molecular complexity index is 2160. The van der Waals surface area contributed by atoms with Crippen LogP contribution in [-0.2, 0) is 4.79 Å². The molecular formula is C49H66N6O2. The molecule has 0 saturated heterocycles. The zero-order valence-corrected chi connectivity index (χ0v) is 37.9. The molecule has 0 fully saturated rings. The molecule has 0 aromatic heterocycles. The number of isocyanates is 1. The topological polar surface area (TPSA) is 112 Å². The third-order valence-electron chi connectivity index (χ3n) is 10.5. The van der Waals surface area contributed by atoms with Crippen LogP contribution in [0.4, 0.5) is 28.4 Å². The van der Waals surface area contributed by atoms with Crippen LogP contribution in [0, 0.1) is 11.5 Å². The average Bonchev–Trinajstić information content (AvgIpc) is 3.10. The lowest BCUT2D eigenvalue weighted by atomic mass is 9.85. The van der Waals surface area contributed by atoms with Gasteiger partial charge in [-0.25, -0.2) is 4.79 Å². The Balaban J connectivity index is 2.53. The van der Waals surface area contributed by atoms with E-state index in [1.54, 1.807) is 6.08 Å². The van der Waals surface area contributed by atoms with Crippen molar-refractivity contribution in [2.75, 3.05) is 0 Å². The van der Waals surface area contributed by atoms with E-state index in [0.717, 1.165) is 72.8 Å². The molecule has 0 bridgehead atoms. The van der Waals surface area contributed by atoms with E-state index >= 15 is 0 Å². The number of carbonyl (C=O) groups excluding carboxylic acids is 1. The van der Waals surface area contributed by atoms with Gasteiger partial charge in [-0.05, 0) is 92.7 Å². The Hall–Kier alpha value is -4.91. The predicted molar refractivity (Wildman–Crippen MR) is 239 cm³/mol. The SMILES string of the molecule is CC(C)c1cc(C(C)C)c(N=C=Nc2c(C(C)C)cc(C(C)C)c(N=C=Nc3c(C(C)C)cc(C(C)C)c(OC#N)c3C(C)C)c2C(C)C)c(C(C)C)c1N=C=O. The summed E-state index contributed by atoms with van der Waals surface area (Å²) in [5.74, 6) is 1.62. The molecule has 0 aliphatic rings. The molecule has 3 aromatic carbocycles. The Morgan fingerprint density at radius 3 is 0.912 bits per heavy atom. The molecule has 0 radical (unpaired) electrons. The van der Waals surface area contributed by atoms with E-state index in [1.807, 2.05) is 6.26 Å². The number of hydrogen-bond acceptors (Lipinski definition) is 8. The Morgan fingerprint density at radius 1 is 0.404 bits per heavy atom. The Kier molecular flexibility index (Phi) is 16.3. The first-order valence-electron chi connectivity index (χ1n) is 20.8. The predicted octanol–water partition coefficient (Wildman–Crippen LogP) is 15.9. The minimum Gasteiger partial charge on any atom is -0.387 e. The molecular weight excluding hydrogens is 705 g/mol. The summed E-state index contributed by atoms with van der Waals surface area (Å²) in [7, 11) is 0. The first kappa shape index (κ1) is 46.5. The lowest BCUT2D eigenvalue weighted by Gasteiger charge is -2.23. The fraction of sp³-hybridized carbons (Fsp3) is 0.551. The summed E-state index contributed by atoms with van der Waals surface area (Å²) in [6, 6.07) is 12.7. The van der Waals surface area contributed by atoms with Gasteiger partial charge >= 0.3 is 0 Å². The van der Waals surface area contributed by atoms with Crippen molar-refractivity contribution in [1.82, 2.24) is 0 Å². The van der Waals surface area contributed by atoms with Crippen molar-refractivity contribution in [2.24, 2.45) is 25.0 Å². The van der Waals surface area contributed by atoms with Crippen LogP contribution in [0.15, 0.2) is 43.2 Å². The summed E-state index contributed by atoms with van der Waals surface area (Å²) in [5.41, 5.74) is 12.7. The van der Waals surface area contributed by atoms with E-state index in [-0.39, 0.29) is 53.3 Å². The van der Waals surface area contributed by atoms with Crippen LogP contribution in [0.2, 0.25) is 0 Å². The largest absolute Gasteiger partial charge is 0.387 e. The maximum Gasteiger partial charge on any atom is 0.292 e. The molecule has 0 spiro atoms. The molecule has 3 aromatic rings. The first-order chi connectivity index (χ1) is 26.7. The molecule has 8 heteroatoms. The normalized spacial score (nSPS) is 11.5. The van der Waals surface area contributed by atoms with Crippen LogP contribution < -0.4 is 4.74 Å². The van der Waals surface area contributed by atoms with Gasteiger partial charge in [0.25, 0.3) is 6.26 Å². The van der Waals surface area contributed by atoms with Crippen molar-refractivity contribution in [1.29, 1.82) is 5.26 Å². The molecule has 57 heavy (non-hydrogen) atoms. The van der Waals surface area contributed by atoms with E-state index in [2.05, 4.69) is 160 Å². The van der Waals surface area contributed by atoms with Crippen molar-refractivity contribution in [3.05, 3.63) is 68.3 Å². The summed E-state index contributed by atoms with van der Waals surface area (Å²) in [6.45, 7) is 38.4. The van der Waals surface area contributed by atoms with E-state index in [4.69, 9.17) is 24.7 Å². The number of nitrogens with zero attached hydrogens (tertiary/aromatic N) is 6. The maximum absolute atomic E-state index is 11.7. The summed E-state index contributed by atoms with van der Waals surface area (Å²) in [5, 5.41) is 9.67. The Labute approximate surface area is 343 Å². The monoisotopic (exact) mass is 771 g/mol. The van der Waals surface area contributed by atoms with Crippen LogP contribution in [-0.4, -0.2) is 18.1 Å². The fourth-order valence-corrected chi connectivity index (χ4v) is 7.51. The zero-order chi connectivity index (χ0) is 43.0. The molecule has 0 amide bonds. The van der Waals surface area contributed by atoms with Crippen LogP contribution in [0.25, 0.3) is 0 Å². The van der Waals surface area contributed by atoms with Crippen molar-refractivity contribution >= 4 is 46.5 Å². The number of nitriles is 1. The summed E-state index contributed by atoms with van der Waals surface area (Å²) < 4.78 is 5.66. The van der Waals surface area contributed by atoms with Crippen LogP contribution in [0.5, 0.6) is 5.75 Å². The lowest BCUT2D eigenvalue weighted by molar-refractivity contribution is 0.485. The molecule has 0 N–H and O–H groups in total. The lowest BCUT2D eigenvalue weighted by Crippen LogP contribution is -2.05. The highest BCUT2D eigenvalue weighted by Crippen LogP contribution is 2.48.